The Morgan fingerprint density at radius 1 is 1.00 bits per heavy atom. The number of aromatic nitrogens is 2. The monoisotopic (exact) mass is 416 g/mol. The van der Waals surface area contributed by atoms with E-state index in [9.17, 15) is 9.90 Å². The summed E-state index contributed by atoms with van der Waals surface area (Å²) in [6.07, 6.45) is -0.961. The molecule has 0 saturated heterocycles. The average Bonchev–Trinajstić information content (AvgIpc) is 3.22. The van der Waals surface area contributed by atoms with E-state index in [4.69, 9.17) is 0 Å². The smallest absolute Gasteiger partial charge is 0.250 e. The van der Waals surface area contributed by atoms with Crippen LogP contribution in [-0.4, -0.2) is 32.4 Å². The normalized spacial score (nSPS) is 12.6. The maximum atomic E-state index is 12.4. The minimum absolute atomic E-state index is 0.146. The van der Waals surface area contributed by atoms with Gasteiger partial charge in [-0.05, 0) is 17.7 Å². The van der Waals surface area contributed by atoms with Crippen molar-refractivity contribution in [3.05, 3.63) is 96.1 Å². The van der Waals surface area contributed by atoms with Gasteiger partial charge in [0.1, 0.15) is 11.8 Å². The number of thioether (sulfide) groups is 1. The van der Waals surface area contributed by atoms with Gasteiger partial charge in [-0.25, -0.2) is 10.4 Å². The molecule has 3 aromatic carbocycles. The summed E-state index contributed by atoms with van der Waals surface area (Å²) < 4.78 is 0. The summed E-state index contributed by atoms with van der Waals surface area (Å²) in [5.74, 6) is -0.138. The SMILES string of the molecule is O=C(CSc1nc2ccccc2[nH]1)N/N=C(\c1ccccc1)C(O)c1ccccc1. The van der Waals surface area contributed by atoms with Crippen LogP contribution >= 0.6 is 11.8 Å². The van der Waals surface area contributed by atoms with Gasteiger partial charge in [0, 0.05) is 5.56 Å². The highest BCUT2D eigenvalue weighted by Crippen LogP contribution is 2.20. The summed E-state index contributed by atoms with van der Waals surface area (Å²) in [6, 6.07) is 26.2. The highest BCUT2D eigenvalue weighted by molar-refractivity contribution is 7.99. The lowest BCUT2D eigenvalue weighted by Gasteiger charge is -2.14. The van der Waals surface area contributed by atoms with Gasteiger partial charge in [0.2, 0.25) is 0 Å². The standard InChI is InChI=1S/C23H20N4O2S/c28-20(15-30-23-24-18-13-7-8-14-19(18)25-23)26-27-21(16-9-3-1-4-10-16)22(29)17-11-5-2-6-12-17/h1-14,22,29H,15H2,(H,24,25)(H,26,28)/b27-21+. The van der Waals surface area contributed by atoms with E-state index >= 15 is 0 Å². The Morgan fingerprint density at radius 3 is 2.40 bits per heavy atom. The van der Waals surface area contributed by atoms with Gasteiger partial charge in [0.15, 0.2) is 5.16 Å². The van der Waals surface area contributed by atoms with E-state index in [2.05, 4.69) is 20.5 Å². The van der Waals surface area contributed by atoms with Gasteiger partial charge in [-0.3, -0.25) is 4.79 Å². The van der Waals surface area contributed by atoms with E-state index in [1.807, 2.05) is 84.9 Å². The fourth-order valence-electron chi connectivity index (χ4n) is 2.97. The van der Waals surface area contributed by atoms with E-state index in [-0.39, 0.29) is 11.7 Å². The number of H-pyrrole nitrogens is 1. The van der Waals surface area contributed by atoms with Crippen LogP contribution in [0.2, 0.25) is 0 Å². The second-order valence-electron chi connectivity index (χ2n) is 6.56. The molecule has 150 valence electrons. The number of amides is 1. The summed E-state index contributed by atoms with van der Waals surface area (Å²) in [5.41, 5.74) is 6.16. The molecule has 1 unspecified atom stereocenters. The fourth-order valence-corrected chi connectivity index (χ4v) is 3.65. The number of nitrogens with zero attached hydrogens (tertiary/aromatic N) is 2. The molecular weight excluding hydrogens is 396 g/mol. The number of hydrogen-bond acceptors (Lipinski definition) is 5. The van der Waals surface area contributed by atoms with Crippen LogP contribution in [0.25, 0.3) is 11.0 Å². The molecular formula is C23H20N4O2S. The van der Waals surface area contributed by atoms with Crippen LogP contribution in [0, 0.1) is 0 Å². The molecule has 0 saturated carbocycles. The summed E-state index contributed by atoms with van der Waals surface area (Å²) in [6.45, 7) is 0. The lowest BCUT2D eigenvalue weighted by Crippen LogP contribution is -2.24. The maximum Gasteiger partial charge on any atom is 0.250 e. The van der Waals surface area contributed by atoms with Gasteiger partial charge in [0.05, 0.1) is 16.8 Å². The molecule has 0 bridgehead atoms. The number of aliphatic hydroxyl groups excluding tert-OH is 1. The number of aliphatic hydroxyl groups is 1. The number of nitrogens with one attached hydrogen (secondary N) is 2. The van der Waals surface area contributed by atoms with Gasteiger partial charge in [-0.1, -0.05) is 84.6 Å². The summed E-state index contributed by atoms with van der Waals surface area (Å²) in [5, 5.41) is 15.8. The summed E-state index contributed by atoms with van der Waals surface area (Å²) >= 11 is 1.30. The fraction of sp³-hybridized carbons (Fsp3) is 0.0870. The zero-order valence-corrected chi connectivity index (χ0v) is 16.8. The number of carbonyl (C=O) groups excluding carboxylic acids is 1. The predicted molar refractivity (Wildman–Crippen MR) is 119 cm³/mol. The summed E-state index contributed by atoms with van der Waals surface area (Å²) in [7, 11) is 0. The van der Waals surface area contributed by atoms with Crippen molar-refractivity contribution in [3.8, 4) is 0 Å². The van der Waals surface area contributed by atoms with E-state index in [1.165, 1.54) is 11.8 Å². The number of rotatable bonds is 7. The number of imidazole rings is 1. The molecule has 3 N–H and O–H groups in total. The average molecular weight is 417 g/mol. The molecule has 1 aromatic heterocycles. The zero-order valence-electron chi connectivity index (χ0n) is 16.0. The number of fused-ring (bicyclic) bond motifs is 1. The third kappa shape index (κ3) is 4.76. The zero-order chi connectivity index (χ0) is 20.8. The number of aromatic amines is 1. The predicted octanol–water partition coefficient (Wildman–Crippen LogP) is 3.91. The van der Waals surface area contributed by atoms with Crippen molar-refractivity contribution in [2.24, 2.45) is 5.10 Å². The Hall–Kier alpha value is -3.42. The van der Waals surface area contributed by atoms with Crippen molar-refractivity contribution in [1.82, 2.24) is 15.4 Å². The van der Waals surface area contributed by atoms with E-state index in [1.54, 1.807) is 0 Å². The molecule has 1 atom stereocenters. The van der Waals surface area contributed by atoms with Crippen molar-refractivity contribution in [1.29, 1.82) is 0 Å². The first-order chi connectivity index (χ1) is 14.7. The summed E-state index contributed by atoms with van der Waals surface area (Å²) in [4.78, 5) is 20.0. The first kappa shape index (κ1) is 19.9. The third-order valence-corrected chi connectivity index (χ3v) is 5.33. The van der Waals surface area contributed by atoms with Crippen molar-refractivity contribution in [3.63, 3.8) is 0 Å². The maximum absolute atomic E-state index is 12.4. The Balaban J connectivity index is 1.46. The van der Waals surface area contributed by atoms with Crippen LogP contribution in [0.3, 0.4) is 0 Å². The Bertz CT molecular complexity index is 1130. The molecule has 0 radical (unpaired) electrons. The quantitative estimate of drug-likeness (QED) is 0.242. The van der Waals surface area contributed by atoms with E-state index in [0.717, 1.165) is 16.6 Å². The minimum atomic E-state index is -0.961. The Labute approximate surface area is 178 Å². The Morgan fingerprint density at radius 2 is 1.67 bits per heavy atom. The van der Waals surface area contributed by atoms with Crippen LogP contribution in [0.15, 0.2) is 95.2 Å². The first-order valence-corrected chi connectivity index (χ1v) is 10.4. The number of para-hydroxylation sites is 2. The number of carbonyl (C=O) groups is 1. The molecule has 7 heteroatoms. The van der Waals surface area contributed by atoms with Crippen molar-refractivity contribution in [2.75, 3.05) is 5.75 Å². The van der Waals surface area contributed by atoms with Crippen molar-refractivity contribution < 1.29 is 9.90 Å². The first-order valence-electron chi connectivity index (χ1n) is 9.43. The number of hydrazone groups is 1. The van der Waals surface area contributed by atoms with Crippen LogP contribution < -0.4 is 5.43 Å². The van der Waals surface area contributed by atoms with Crippen molar-refractivity contribution in [2.45, 2.75) is 11.3 Å². The van der Waals surface area contributed by atoms with Crippen LogP contribution in [0.4, 0.5) is 0 Å². The van der Waals surface area contributed by atoms with Gasteiger partial charge >= 0.3 is 0 Å². The number of benzene rings is 3. The second kappa shape index (κ2) is 9.39. The third-order valence-electron chi connectivity index (χ3n) is 4.45. The van der Waals surface area contributed by atoms with Gasteiger partial charge in [0.25, 0.3) is 5.91 Å². The molecule has 0 aliphatic heterocycles. The van der Waals surface area contributed by atoms with Crippen LogP contribution in [0.5, 0.6) is 0 Å². The lowest BCUT2D eigenvalue weighted by atomic mass is 9.99. The largest absolute Gasteiger partial charge is 0.382 e. The van der Waals surface area contributed by atoms with E-state index in [0.29, 0.717) is 16.4 Å². The molecule has 30 heavy (non-hydrogen) atoms. The molecule has 6 nitrogen and oxygen atoms in total. The van der Waals surface area contributed by atoms with Gasteiger partial charge in [-0.2, -0.15) is 5.10 Å². The molecule has 1 amide bonds. The van der Waals surface area contributed by atoms with Crippen LogP contribution in [-0.2, 0) is 4.79 Å². The van der Waals surface area contributed by atoms with E-state index < -0.39 is 6.10 Å². The number of hydrogen-bond donors (Lipinski definition) is 3. The highest BCUT2D eigenvalue weighted by Gasteiger charge is 2.18. The van der Waals surface area contributed by atoms with Gasteiger partial charge < -0.3 is 10.1 Å². The highest BCUT2D eigenvalue weighted by atomic mass is 32.2. The molecule has 0 fully saturated rings. The van der Waals surface area contributed by atoms with Crippen LogP contribution in [0.1, 0.15) is 17.2 Å². The second-order valence-corrected chi connectivity index (χ2v) is 7.52. The van der Waals surface area contributed by atoms with Gasteiger partial charge in [-0.15, -0.1) is 0 Å². The molecule has 0 spiro atoms. The minimum Gasteiger partial charge on any atom is -0.382 e. The molecule has 4 aromatic rings. The van der Waals surface area contributed by atoms with Crippen molar-refractivity contribution >= 4 is 34.4 Å². The lowest BCUT2D eigenvalue weighted by molar-refractivity contribution is -0.118. The topological polar surface area (TPSA) is 90.4 Å². The molecule has 4 rings (SSSR count). The molecule has 0 aliphatic rings. The Kier molecular flexibility index (Phi) is 6.22. The molecule has 1 heterocycles. The molecule has 0 aliphatic carbocycles.